The molecule has 0 unspecified atom stereocenters. The molecule has 4 rings (SSSR count). The van der Waals surface area contributed by atoms with Crippen LogP contribution in [-0.2, 0) is 4.79 Å². The first-order valence-electron chi connectivity index (χ1n) is 9.84. The van der Waals surface area contributed by atoms with E-state index < -0.39 is 0 Å². The van der Waals surface area contributed by atoms with Gasteiger partial charge in [-0.3, -0.25) is 9.59 Å². The lowest BCUT2D eigenvalue weighted by Crippen LogP contribution is -2.54. The third kappa shape index (κ3) is 4.63. The highest BCUT2D eigenvalue weighted by atomic mass is 79.9. The molecule has 2 aromatic rings. The Morgan fingerprint density at radius 1 is 1.03 bits per heavy atom. The van der Waals surface area contributed by atoms with Gasteiger partial charge in [0, 0.05) is 40.4 Å². The van der Waals surface area contributed by atoms with Gasteiger partial charge >= 0.3 is 0 Å². The lowest BCUT2D eigenvalue weighted by atomic mass is 10.0. The average molecular weight is 510 g/mol. The molecule has 0 N–H and O–H groups in total. The molecule has 2 amide bonds. The second-order valence-electron chi connectivity index (χ2n) is 7.38. The molecule has 1 spiro atoms. The van der Waals surface area contributed by atoms with E-state index in [1.165, 1.54) is 0 Å². The van der Waals surface area contributed by atoms with Crippen molar-refractivity contribution in [3.05, 3.63) is 63.6 Å². The summed E-state index contributed by atoms with van der Waals surface area (Å²) in [6.07, 6.45) is 1.54. The van der Waals surface area contributed by atoms with Gasteiger partial charge in [-0.05, 0) is 61.4 Å². The Bertz CT molecular complexity index is 915. The van der Waals surface area contributed by atoms with Crippen molar-refractivity contribution in [2.45, 2.75) is 17.7 Å². The number of rotatable bonds is 4. The van der Waals surface area contributed by atoms with Crippen LogP contribution in [0.2, 0.25) is 5.02 Å². The summed E-state index contributed by atoms with van der Waals surface area (Å²) in [5, 5.41) is 0.631. The molecule has 0 saturated carbocycles. The number of likely N-dealkylation sites (tertiary alicyclic amines) is 1. The number of hydrogen-bond acceptors (Lipinski definition) is 4. The van der Waals surface area contributed by atoms with Gasteiger partial charge in [-0.2, -0.15) is 0 Å². The molecular formula is C22H22BrClN2O3S. The average Bonchev–Trinajstić information content (AvgIpc) is 3.16. The maximum absolute atomic E-state index is 13.1. The molecular weight excluding hydrogens is 488 g/mol. The number of piperidine rings is 1. The van der Waals surface area contributed by atoms with E-state index in [0.717, 1.165) is 29.6 Å². The SMILES string of the molecule is O=C(COc1ccc(Cl)cc1)N1CCC2(CC1)SCCN2C(=O)c1ccc(Br)cc1. The highest BCUT2D eigenvalue weighted by molar-refractivity contribution is 9.10. The van der Waals surface area contributed by atoms with Gasteiger partial charge in [-0.1, -0.05) is 27.5 Å². The van der Waals surface area contributed by atoms with Gasteiger partial charge in [-0.25, -0.2) is 0 Å². The maximum atomic E-state index is 13.1. The predicted molar refractivity (Wildman–Crippen MR) is 123 cm³/mol. The summed E-state index contributed by atoms with van der Waals surface area (Å²) in [5.74, 6) is 1.58. The molecule has 2 heterocycles. The molecule has 158 valence electrons. The van der Waals surface area contributed by atoms with E-state index >= 15 is 0 Å². The van der Waals surface area contributed by atoms with Crippen LogP contribution in [0.4, 0.5) is 0 Å². The largest absolute Gasteiger partial charge is 0.484 e. The van der Waals surface area contributed by atoms with Gasteiger partial charge in [0.05, 0.1) is 4.87 Å². The van der Waals surface area contributed by atoms with E-state index in [0.29, 0.717) is 29.4 Å². The van der Waals surface area contributed by atoms with Crippen LogP contribution in [-0.4, -0.2) is 58.5 Å². The molecule has 2 saturated heterocycles. The lowest BCUT2D eigenvalue weighted by molar-refractivity contribution is -0.135. The zero-order chi connectivity index (χ0) is 21.1. The topological polar surface area (TPSA) is 49.9 Å². The monoisotopic (exact) mass is 508 g/mol. The second kappa shape index (κ2) is 9.20. The van der Waals surface area contributed by atoms with Crippen LogP contribution >= 0.6 is 39.3 Å². The van der Waals surface area contributed by atoms with Crippen molar-refractivity contribution < 1.29 is 14.3 Å². The van der Waals surface area contributed by atoms with E-state index in [-0.39, 0.29) is 23.3 Å². The lowest BCUT2D eigenvalue weighted by Gasteiger charge is -2.44. The summed E-state index contributed by atoms with van der Waals surface area (Å²) >= 11 is 11.1. The number of carbonyl (C=O) groups excluding carboxylic acids is 2. The van der Waals surface area contributed by atoms with Crippen molar-refractivity contribution >= 4 is 51.1 Å². The third-order valence-electron chi connectivity index (χ3n) is 5.59. The molecule has 30 heavy (non-hydrogen) atoms. The Morgan fingerprint density at radius 3 is 2.37 bits per heavy atom. The Hall–Kier alpha value is -1.70. The summed E-state index contributed by atoms with van der Waals surface area (Å²) in [4.78, 5) is 29.3. The Labute approximate surface area is 193 Å². The molecule has 8 heteroatoms. The molecule has 0 aliphatic carbocycles. The molecule has 0 radical (unpaired) electrons. The van der Waals surface area contributed by atoms with Gasteiger partial charge in [0.1, 0.15) is 5.75 Å². The van der Waals surface area contributed by atoms with E-state index in [4.69, 9.17) is 16.3 Å². The van der Waals surface area contributed by atoms with Crippen molar-refractivity contribution in [1.29, 1.82) is 0 Å². The fourth-order valence-corrected chi connectivity index (χ4v) is 5.78. The van der Waals surface area contributed by atoms with E-state index in [2.05, 4.69) is 15.9 Å². The summed E-state index contributed by atoms with van der Waals surface area (Å²) in [7, 11) is 0. The number of amides is 2. The molecule has 0 atom stereocenters. The van der Waals surface area contributed by atoms with Crippen LogP contribution in [0.15, 0.2) is 53.0 Å². The zero-order valence-electron chi connectivity index (χ0n) is 16.4. The van der Waals surface area contributed by atoms with Gasteiger partial charge in [-0.15, -0.1) is 11.8 Å². The van der Waals surface area contributed by atoms with Crippen molar-refractivity contribution in [3.63, 3.8) is 0 Å². The van der Waals surface area contributed by atoms with Gasteiger partial charge in [0.15, 0.2) is 6.61 Å². The van der Waals surface area contributed by atoms with Crippen molar-refractivity contribution in [1.82, 2.24) is 9.80 Å². The first-order chi connectivity index (χ1) is 14.5. The van der Waals surface area contributed by atoms with E-state index in [1.807, 2.05) is 45.8 Å². The summed E-state index contributed by atoms with van der Waals surface area (Å²) in [6, 6.07) is 14.5. The number of benzene rings is 2. The minimum atomic E-state index is -0.224. The van der Waals surface area contributed by atoms with Gasteiger partial charge in [0.25, 0.3) is 11.8 Å². The van der Waals surface area contributed by atoms with E-state index in [9.17, 15) is 9.59 Å². The fraction of sp³-hybridized carbons (Fsp3) is 0.364. The van der Waals surface area contributed by atoms with Gasteiger partial charge in [0.2, 0.25) is 0 Å². The molecule has 2 aliphatic heterocycles. The number of ether oxygens (including phenoxy) is 1. The number of thioether (sulfide) groups is 1. The molecule has 2 aromatic carbocycles. The zero-order valence-corrected chi connectivity index (χ0v) is 19.5. The fourth-order valence-electron chi connectivity index (χ4n) is 3.93. The Kier molecular flexibility index (Phi) is 6.60. The molecule has 2 fully saturated rings. The predicted octanol–water partition coefficient (Wildman–Crippen LogP) is 4.69. The first-order valence-corrected chi connectivity index (χ1v) is 12.0. The van der Waals surface area contributed by atoms with Crippen LogP contribution in [0.3, 0.4) is 0 Å². The second-order valence-corrected chi connectivity index (χ2v) is 10.2. The molecule has 2 aliphatic rings. The quantitative estimate of drug-likeness (QED) is 0.600. The maximum Gasteiger partial charge on any atom is 0.260 e. The number of hydrogen-bond donors (Lipinski definition) is 0. The summed E-state index contributed by atoms with van der Waals surface area (Å²) in [6.45, 7) is 2.00. The third-order valence-corrected chi connectivity index (χ3v) is 7.92. The molecule has 0 aromatic heterocycles. The normalized spacial score (nSPS) is 17.9. The summed E-state index contributed by atoms with van der Waals surface area (Å²) in [5.41, 5.74) is 0.704. The van der Waals surface area contributed by atoms with Crippen LogP contribution in [0.25, 0.3) is 0 Å². The Morgan fingerprint density at radius 2 is 1.70 bits per heavy atom. The first kappa shape index (κ1) is 21.5. The number of nitrogens with zero attached hydrogens (tertiary/aromatic N) is 2. The van der Waals surface area contributed by atoms with Crippen molar-refractivity contribution in [3.8, 4) is 5.75 Å². The highest BCUT2D eigenvalue weighted by Crippen LogP contribution is 2.44. The molecule has 5 nitrogen and oxygen atoms in total. The molecule has 0 bridgehead atoms. The minimum Gasteiger partial charge on any atom is -0.484 e. The van der Waals surface area contributed by atoms with Crippen LogP contribution in [0.5, 0.6) is 5.75 Å². The summed E-state index contributed by atoms with van der Waals surface area (Å²) < 4.78 is 6.55. The van der Waals surface area contributed by atoms with E-state index in [1.54, 1.807) is 24.3 Å². The Balaban J connectivity index is 1.35. The van der Waals surface area contributed by atoms with Crippen LogP contribution in [0.1, 0.15) is 23.2 Å². The smallest absolute Gasteiger partial charge is 0.260 e. The van der Waals surface area contributed by atoms with Crippen molar-refractivity contribution in [2.24, 2.45) is 0 Å². The standard InChI is InChI=1S/C22H22BrClN2O3S/c23-17-3-1-16(2-4-17)21(28)26-13-14-30-22(26)9-11-25(12-10-22)20(27)15-29-19-7-5-18(24)6-8-19/h1-8H,9-15H2. The number of carbonyl (C=O) groups is 2. The number of halogens is 2. The van der Waals surface area contributed by atoms with Crippen molar-refractivity contribution in [2.75, 3.05) is 32.0 Å². The highest BCUT2D eigenvalue weighted by Gasteiger charge is 2.47. The minimum absolute atomic E-state index is 0.00329. The van der Waals surface area contributed by atoms with Crippen LogP contribution in [0, 0.1) is 0 Å². The van der Waals surface area contributed by atoms with Crippen LogP contribution < -0.4 is 4.74 Å². The van der Waals surface area contributed by atoms with Gasteiger partial charge < -0.3 is 14.5 Å².